The highest BCUT2D eigenvalue weighted by atomic mass is 35.5. The van der Waals surface area contributed by atoms with Crippen LogP contribution in [0.5, 0.6) is 0 Å². The Bertz CT molecular complexity index is 1600. The summed E-state index contributed by atoms with van der Waals surface area (Å²) >= 11 is 27.0. The van der Waals surface area contributed by atoms with Gasteiger partial charge in [0.05, 0.1) is 31.2 Å². The molecule has 0 spiro atoms. The van der Waals surface area contributed by atoms with Crippen LogP contribution in [0.1, 0.15) is 61.1 Å². The molecule has 4 aromatic carbocycles. The van der Waals surface area contributed by atoms with Gasteiger partial charge in [0, 0.05) is 20.6 Å². The molecule has 11 heteroatoms. The van der Waals surface area contributed by atoms with Gasteiger partial charge in [0.15, 0.2) is 0 Å². The molecule has 4 aromatic rings. The summed E-state index contributed by atoms with van der Waals surface area (Å²) in [6.07, 6.45) is -9.18. The van der Waals surface area contributed by atoms with Crippen LogP contribution in [0.25, 0.3) is 22.3 Å². The highest BCUT2D eigenvalue weighted by Gasteiger charge is 2.36. The molecule has 0 unspecified atom stereocenters. The van der Waals surface area contributed by atoms with Gasteiger partial charge in [-0.25, -0.2) is 0 Å². The lowest BCUT2D eigenvalue weighted by atomic mass is 9.91. The maximum absolute atomic E-state index is 13.3. The Morgan fingerprint density at radius 1 is 0.489 bits per heavy atom. The van der Waals surface area contributed by atoms with Crippen molar-refractivity contribution in [2.45, 2.75) is 63.4 Å². The second-order valence-electron chi connectivity index (χ2n) is 11.8. The van der Waals surface area contributed by atoms with Crippen molar-refractivity contribution in [1.82, 2.24) is 0 Å². The first-order valence-electron chi connectivity index (χ1n) is 13.6. The number of benzene rings is 4. The molecular weight excluding hydrogens is 696 g/mol. The molecule has 0 bridgehead atoms. The molecule has 0 fully saturated rings. The summed E-state index contributed by atoms with van der Waals surface area (Å²) in [6, 6.07) is 14.6. The molecule has 4 rings (SSSR count). The normalized spacial score (nSPS) is 13.0. The van der Waals surface area contributed by atoms with Crippen LogP contribution in [0.3, 0.4) is 0 Å². The molecule has 0 amide bonds. The lowest BCUT2D eigenvalue weighted by Gasteiger charge is -2.37. The third-order valence-corrected chi connectivity index (χ3v) is 10.3. The van der Waals surface area contributed by atoms with Crippen LogP contribution in [0, 0.1) is 13.8 Å². The molecule has 0 heterocycles. The smallest absolute Gasteiger partial charge is 0.166 e. The predicted octanol–water partition coefficient (Wildman–Crippen LogP) is 14.2. The van der Waals surface area contributed by atoms with E-state index in [-0.39, 0.29) is 20.1 Å². The van der Waals surface area contributed by atoms with Crippen molar-refractivity contribution < 1.29 is 26.3 Å². The van der Waals surface area contributed by atoms with Crippen LogP contribution in [-0.4, -0.2) is 0 Å². The van der Waals surface area contributed by atoms with Crippen LogP contribution < -0.4 is 0 Å². The number of alkyl halides is 6. The molecule has 0 radical (unpaired) electrons. The van der Waals surface area contributed by atoms with Crippen molar-refractivity contribution in [2.24, 2.45) is 0 Å². The minimum atomic E-state index is -4.59. The lowest BCUT2D eigenvalue weighted by Crippen LogP contribution is -2.24. The molecule has 0 atom stereocenters. The fourth-order valence-corrected chi connectivity index (χ4v) is 8.97. The zero-order valence-electron chi connectivity index (χ0n) is 25.0. The fraction of sp³-hybridized carbons (Fsp3) is 0.294. The minimum Gasteiger partial charge on any atom is -0.166 e. The van der Waals surface area contributed by atoms with E-state index in [0.717, 1.165) is 46.5 Å². The van der Waals surface area contributed by atoms with E-state index in [9.17, 15) is 26.3 Å². The molecule has 240 valence electrons. The lowest BCUT2D eigenvalue weighted by molar-refractivity contribution is -0.138. The maximum atomic E-state index is 13.3. The molecule has 45 heavy (non-hydrogen) atoms. The van der Waals surface area contributed by atoms with Crippen LogP contribution in [0.4, 0.5) is 26.3 Å². The summed E-state index contributed by atoms with van der Waals surface area (Å²) in [6.45, 7) is 12.1. The average Bonchev–Trinajstić information content (AvgIpc) is 2.87. The van der Waals surface area contributed by atoms with Gasteiger partial charge in [0.25, 0.3) is 0 Å². The van der Waals surface area contributed by atoms with Crippen molar-refractivity contribution in [3.63, 3.8) is 0 Å². The fourth-order valence-electron chi connectivity index (χ4n) is 5.63. The van der Waals surface area contributed by atoms with E-state index in [1.807, 2.05) is 65.8 Å². The van der Waals surface area contributed by atoms with Gasteiger partial charge in [-0.1, -0.05) is 70.7 Å². The highest BCUT2D eigenvalue weighted by Crippen LogP contribution is 2.52. The Morgan fingerprint density at radius 2 is 0.778 bits per heavy atom. The third kappa shape index (κ3) is 7.59. The number of hydrogen-bond acceptors (Lipinski definition) is 1. The van der Waals surface area contributed by atoms with Crippen molar-refractivity contribution in [2.75, 3.05) is 0 Å². The van der Waals surface area contributed by atoms with Gasteiger partial charge in [-0.05, 0) is 111 Å². The SMILES string of the molecule is Cc1ccc(-c2c(Cl)cc(C(F)(F)F)cc2Cl)cc1C(C)(C)SC(C)(C)c1cc(-c2c(Cl)cc(C(F)(F)F)cc2Cl)ccc1C. The van der Waals surface area contributed by atoms with Crippen molar-refractivity contribution in [3.8, 4) is 22.3 Å². The van der Waals surface area contributed by atoms with Gasteiger partial charge in [-0.3, -0.25) is 0 Å². The second kappa shape index (κ2) is 12.5. The Morgan fingerprint density at radius 3 is 1.04 bits per heavy atom. The molecule has 0 aliphatic carbocycles. The molecule has 0 N–H and O–H groups in total. The van der Waals surface area contributed by atoms with Gasteiger partial charge >= 0.3 is 12.4 Å². The monoisotopic (exact) mass is 722 g/mol. The summed E-state index contributed by atoms with van der Waals surface area (Å²) < 4.78 is 78.9. The van der Waals surface area contributed by atoms with E-state index < -0.39 is 33.0 Å². The van der Waals surface area contributed by atoms with Crippen LogP contribution >= 0.6 is 58.2 Å². The van der Waals surface area contributed by atoms with Gasteiger partial charge < -0.3 is 0 Å². The Kier molecular flexibility index (Phi) is 9.98. The Balaban J connectivity index is 1.74. The summed E-state index contributed by atoms with van der Waals surface area (Å²) in [4.78, 5) is 0. The first kappa shape index (κ1) is 35.8. The number of thioether (sulfide) groups is 1. The van der Waals surface area contributed by atoms with E-state index in [1.54, 1.807) is 23.9 Å². The highest BCUT2D eigenvalue weighted by molar-refractivity contribution is 8.01. The van der Waals surface area contributed by atoms with Crippen molar-refractivity contribution >= 4 is 58.2 Å². The predicted molar refractivity (Wildman–Crippen MR) is 177 cm³/mol. The number of aryl methyl sites for hydroxylation is 2. The maximum Gasteiger partial charge on any atom is 0.416 e. The largest absolute Gasteiger partial charge is 0.416 e. The number of halogens is 10. The van der Waals surface area contributed by atoms with E-state index in [1.165, 1.54) is 0 Å². The van der Waals surface area contributed by atoms with E-state index in [2.05, 4.69) is 0 Å². The molecule has 0 aliphatic rings. The zero-order chi connectivity index (χ0) is 33.9. The van der Waals surface area contributed by atoms with Gasteiger partial charge in [-0.2, -0.15) is 26.3 Å². The summed E-state index contributed by atoms with van der Waals surface area (Å²) in [5, 5.41) is -0.432. The van der Waals surface area contributed by atoms with E-state index in [4.69, 9.17) is 46.4 Å². The van der Waals surface area contributed by atoms with Gasteiger partial charge in [0.2, 0.25) is 0 Å². The minimum absolute atomic E-state index is 0.108. The molecule has 0 aromatic heterocycles. The summed E-state index contributed by atoms with van der Waals surface area (Å²) in [5.41, 5.74) is 3.68. The number of rotatable bonds is 6. The molecule has 0 saturated heterocycles. The standard InChI is InChI=1S/C34H28Cl4F6S/c1-17-7-9-19(29-25(35)13-21(14-26(29)36)33(39,40)41)11-23(17)31(3,4)45-32(5,6)24-12-20(10-8-18(24)2)30-27(37)15-22(16-28(30)38)34(42,43)44/h7-16H,1-6H3. The average molecular weight is 724 g/mol. The van der Waals surface area contributed by atoms with Gasteiger partial charge in [-0.15, -0.1) is 11.8 Å². The Labute approximate surface area is 283 Å². The molecule has 0 saturated carbocycles. The quantitative estimate of drug-likeness (QED) is 0.179. The summed E-state index contributed by atoms with van der Waals surface area (Å²) in [7, 11) is 0. The van der Waals surface area contributed by atoms with E-state index >= 15 is 0 Å². The Hall–Kier alpha value is -2.03. The van der Waals surface area contributed by atoms with Crippen molar-refractivity contribution in [3.05, 3.63) is 114 Å². The van der Waals surface area contributed by atoms with E-state index in [0.29, 0.717) is 22.3 Å². The van der Waals surface area contributed by atoms with Crippen LogP contribution in [0.15, 0.2) is 60.7 Å². The summed E-state index contributed by atoms with van der Waals surface area (Å²) in [5.74, 6) is 0. The van der Waals surface area contributed by atoms with Crippen molar-refractivity contribution in [1.29, 1.82) is 0 Å². The number of hydrogen-bond donors (Lipinski definition) is 0. The first-order valence-corrected chi connectivity index (χ1v) is 15.9. The van der Waals surface area contributed by atoms with Crippen LogP contribution in [-0.2, 0) is 21.8 Å². The third-order valence-electron chi connectivity index (χ3n) is 7.60. The molecule has 0 nitrogen and oxygen atoms in total. The topological polar surface area (TPSA) is 0 Å². The zero-order valence-corrected chi connectivity index (χ0v) is 28.8. The van der Waals surface area contributed by atoms with Gasteiger partial charge in [0.1, 0.15) is 0 Å². The van der Waals surface area contributed by atoms with Crippen LogP contribution in [0.2, 0.25) is 20.1 Å². The molecule has 0 aliphatic heterocycles. The first-order chi connectivity index (χ1) is 20.5. The molecular formula is C34H28Cl4F6S. The second-order valence-corrected chi connectivity index (χ2v) is 15.7.